The van der Waals surface area contributed by atoms with Crippen LogP contribution in [-0.2, 0) is 9.59 Å². The maximum Gasteiger partial charge on any atom is 0.248 e. The number of carbonyl (C=O) groups excluding carboxylic acids is 2. The van der Waals surface area contributed by atoms with Gasteiger partial charge in [0.15, 0.2) is 0 Å². The molecule has 2 rings (SSSR count). The van der Waals surface area contributed by atoms with E-state index < -0.39 is 0 Å². The first-order valence-corrected chi connectivity index (χ1v) is 7.10. The number of thioether (sulfide) groups is 1. The molecule has 2 aliphatic heterocycles. The summed E-state index contributed by atoms with van der Waals surface area (Å²) in [4.78, 5) is 23.5. The van der Waals surface area contributed by atoms with Gasteiger partial charge in [0.05, 0.1) is 0 Å². The van der Waals surface area contributed by atoms with E-state index in [1.165, 1.54) is 16.8 Å². The fraction of sp³-hybridized carbons (Fsp3) is 0.417. The number of amides is 2. The van der Waals surface area contributed by atoms with Crippen molar-refractivity contribution in [3.8, 4) is 0 Å². The monoisotopic (exact) mass is 282 g/mol. The third-order valence-corrected chi connectivity index (χ3v) is 4.43. The molecule has 0 bridgehead atoms. The second-order valence-corrected chi connectivity index (χ2v) is 5.90. The van der Waals surface area contributed by atoms with Crippen molar-refractivity contribution >= 4 is 40.0 Å². The number of allylic oxidation sites excluding steroid dienone is 2. The van der Waals surface area contributed by atoms with Gasteiger partial charge >= 0.3 is 0 Å². The normalized spacial score (nSPS) is 23.1. The smallest absolute Gasteiger partial charge is 0.248 e. The van der Waals surface area contributed by atoms with Gasteiger partial charge in [-0.3, -0.25) is 14.6 Å². The Kier molecular flexibility index (Phi) is 4.19. The fourth-order valence-corrected chi connectivity index (χ4v) is 2.96. The van der Waals surface area contributed by atoms with Crippen LogP contribution in [0, 0.1) is 0 Å². The molecule has 0 aromatic carbocycles. The van der Waals surface area contributed by atoms with Gasteiger partial charge in [0, 0.05) is 23.2 Å². The summed E-state index contributed by atoms with van der Waals surface area (Å²) >= 11 is 6.71. The van der Waals surface area contributed by atoms with Gasteiger partial charge in [-0.2, -0.15) is 5.01 Å². The molecule has 1 fully saturated rings. The average Bonchev–Trinajstić information content (AvgIpc) is 2.70. The Morgan fingerprint density at radius 3 is 2.67 bits per heavy atom. The molecule has 0 saturated carbocycles. The van der Waals surface area contributed by atoms with Crippen molar-refractivity contribution in [2.45, 2.75) is 31.6 Å². The maximum absolute atomic E-state index is 11.7. The number of thiocarbonyl (C=S) groups is 1. The van der Waals surface area contributed by atoms with Crippen molar-refractivity contribution in [1.29, 1.82) is 0 Å². The van der Waals surface area contributed by atoms with Crippen molar-refractivity contribution in [1.82, 2.24) is 10.0 Å². The molecule has 0 aromatic rings. The number of nitrogens with zero attached hydrogens (tertiary/aromatic N) is 2. The van der Waals surface area contributed by atoms with E-state index in [9.17, 15) is 9.59 Å². The number of hydrogen-bond acceptors (Lipinski definition) is 5. The van der Waals surface area contributed by atoms with Gasteiger partial charge in [0.25, 0.3) is 0 Å². The van der Waals surface area contributed by atoms with E-state index in [-0.39, 0.29) is 17.2 Å². The molecule has 4 nitrogen and oxygen atoms in total. The first kappa shape index (κ1) is 13.3. The summed E-state index contributed by atoms with van der Waals surface area (Å²) in [6.07, 6.45) is 8.78. The molecule has 0 spiro atoms. The fourth-order valence-electron chi connectivity index (χ4n) is 1.78. The molecule has 1 saturated heterocycles. The number of imide groups is 1. The number of hydrazine groups is 1. The van der Waals surface area contributed by atoms with Gasteiger partial charge in [-0.05, 0) is 18.6 Å². The van der Waals surface area contributed by atoms with Crippen LogP contribution in [-0.4, -0.2) is 31.4 Å². The van der Waals surface area contributed by atoms with Crippen LogP contribution in [0.3, 0.4) is 0 Å². The summed E-state index contributed by atoms with van der Waals surface area (Å²) in [5.74, 6) is -0.291. The lowest BCUT2D eigenvalue weighted by Crippen LogP contribution is -2.47. The Balaban J connectivity index is 2.16. The molecule has 0 aromatic heterocycles. The third-order valence-electron chi connectivity index (χ3n) is 2.68. The van der Waals surface area contributed by atoms with E-state index in [1.54, 1.807) is 11.2 Å². The van der Waals surface area contributed by atoms with E-state index in [4.69, 9.17) is 12.2 Å². The van der Waals surface area contributed by atoms with Crippen molar-refractivity contribution in [2.24, 2.45) is 0 Å². The van der Waals surface area contributed by atoms with Crippen LogP contribution in [0.25, 0.3) is 0 Å². The van der Waals surface area contributed by atoms with Crippen LogP contribution in [0.4, 0.5) is 0 Å². The first-order valence-electron chi connectivity index (χ1n) is 5.82. The van der Waals surface area contributed by atoms with Crippen molar-refractivity contribution in [3.05, 3.63) is 24.4 Å². The second-order valence-electron chi connectivity index (χ2n) is 3.94. The highest BCUT2D eigenvalue weighted by Crippen LogP contribution is 2.28. The lowest BCUT2D eigenvalue weighted by molar-refractivity contribution is -0.152. The zero-order valence-electron chi connectivity index (χ0n) is 10.0. The van der Waals surface area contributed by atoms with Gasteiger partial charge in [-0.15, -0.1) is 0 Å². The highest BCUT2D eigenvalue weighted by atomic mass is 32.2. The number of rotatable bonds is 3. The van der Waals surface area contributed by atoms with Crippen LogP contribution in [0.2, 0.25) is 0 Å². The van der Waals surface area contributed by atoms with E-state index in [0.717, 1.165) is 10.6 Å². The summed E-state index contributed by atoms with van der Waals surface area (Å²) < 4.78 is 0.865. The Labute approximate surface area is 116 Å². The molecule has 1 unspecified atom stereocenters. The van der Waals surface area contributed by atoms with Crippen molar-refractivity contribution in [3.63, 3.8) is 0 Å². The molecular formula is C12H14N2O2S2. The zero-order valence-corrected chi connectivity index (χ0v) is 11.7. The second kappa shape index (κ2) is 5.67. The van der Waals surface area contributed by atoms with Crippen LogP contribution in [0.15, 0.2) is 24.4 Å². The summed E-state index contributed by atoms with van der Waals surface area (Å²) in [7, 11) is 0. The van der Waals surface area contributed by atoms with Gasteiger partial charge in [0.1, 0.15) is 5.37 Å². The maximum atomic E-state index is 11.7. The van der Waals surface area contributed by atoms with Gasteiger partial charge < -0.3 is 0 Å². The molecule has 0 N–H and O–H groups in total. The van der Waals surface area contributed by atoms with E-state index >= 15 is 0 Å². The van der Waals surface area contributed by atoms with E-state index in [2.05, 4.69) is 0 Å². The minimum absolute atomic E-state index is 0.117. The minimum Gasteiger partial charge on any atom is -0.273 e. The summed E-state index contributed by atoms with van der Waals surface area (Å²) in [6.45, 7) is 1.99. The van der Waals surface area contributed by atoms with Crippen LogP contribution < -0.4 is 0 Å². The summed E-state index contributed by atoms with van der Waals surface area (Å²) in [6, 6.07) is 0. The van der Waals surface area contributed by atoms with Crippen LogP contribution in [0.5, 0.6) is 0 Å². The molecule has 0 aliphatic carbocycles. The molecule has 1 atom stereocenters. The van der Waals surface area contributed by atoms with Crippen LogP contribution in [0.1, 0.15) is 26.2 Å². The standard InChI is InChI=1S/C12H14N2O2S2/c1-2-12(17)18-11-5-3-4-8-13(11)14-9(15)6-7-10(14)16/h3-5,8,11H,2,6-7H2,1H3. The molecule has 18 heavy (non-hydrogen) atoms. The lowest BCUT2D eigenvalue weighted by atomic mass is 10.4. The van der Waals surface area contributed by atoms with Gasteiger partial charge in [-0.25, -0.2) is 0 Å². The predicted molar refractivity (Wildman–Crippen MR) is 75.5 cm³/mol. The van der Waals surface area contributed by atoms with Crippen molar-refractivity contribution < 1.29 is 9.59 Å². The summed E-state index contributed by atoms with van der Waals surface area (Å²) in [5.41, 5.74) is 0. The van der Waals surface area contributed by atoms with E-state index in [1.807, 2.05) is 25.2 Å². The van der Waals surface area contributed by atoms with E-state index in [0.29, 0.717) is 12.8 Å². The van der Waals surface area contributed by atoms with Crippen molar-refractivity contribution in [2.75, 3.05) is 0 Å². The number of carbonyl (C=O) groups is 2. The molecule has 2 heterocycles. The lowest BCUT2D eigenvalue weighted by Gasteiger charge is -2.35. The highest BCUT2D eigenvalue weighted by molar-refractivity contribution is 8.23. The molecule has 2 aliphatic rings. The Bertz CT molecular complexity index is 429. The topological polar surface area (TPSA) is 40.6 Å². The Morgan fingerprint density at radius 2 is 2.06 bits per heavy atom. The Morgan fingerprint density at radius 1 is 1.39 bits per heavy atom. The number of hydrogen-bond donors (Lipinski definition) is 0. The largest absolute Gasteiger partial charge is 0.273 e. The summed E-state index contributed by atoms with van der Waals surface area (Å²) in [5, 5.41) is 2.79. The van der Waals surface area contributed by atoms with Gasteiger partial charge in [-0.1, -0.05) is 37.0 Å². The Hall–Kier alpha value is -1.14. The predicted octanol–water partition coefficient (Wildman–Crippen LogP) is 2.23. The SMILES string of the molecule is CCC(=S)SC1C=CC=CN1N1C(=O)CCC1=O. The molecule has 6 heteroatoms. The third kappa shape index (κ3) is 2.64. The zero-order chi connectivity index (χ0) is 13.1. The highest BCUT2D eigenvalue weighted by Gasteiger charge is 2.36. The molecule has 96 valence electrons. The first-order chi connectivity index (χ1) is 8.63. The molecule has 2 amide bonds. The molecule has 0 radical (unpaired) electrons. The molecular weight excluding hydrogens is 268 g/mol. The average molecular weight is 282 g/mol. The quantitative estimate of drug-likeness (QED) is 0.586. The van der Waals surface area contributed by atoms with Crippen LogP contribution >= 0.6 is 24.0 Å². The minimum atomic E-state index is -0.145. The van der Waals surface area contributed by atoms with Gasteiger partial charge in [0.2, 0.25) is 11.8 Å².